The molecule has 0 aliphatic carbocycles. The lowest BCUT2D eigenvalue weighted by molar-refractivity contribution is -0.122. The van der Waals surface area contributed by atoms with Gasteiger partial charge in [-0.05, 0) is 43.7 Å². The Morgan fingerprint density at radius 2 is 2.08 bits per heavy atom. The smallest absolute Gasteiger partial charge is 0.237 e. The van der Waals surface area contributed by atoms with Crippen molar-refractivity contribution in [2.45, 2.75) is 19.3 Å². The van der Waals surface area contributed by atoms with Gasteiger partial charge >= 0.3 is 0 Å². The number of carbonyl (C=O) groups is 1. The number of β-amino-alcohol motifs (C(OH)–C–C–N with tert-alkyl or cyclic N) is 1. The molecule has 4 rings (SSSR count). The number of carbonyl (C=O) groups excluding carboxylic acids is 1. The van der Waals surface area contributed by atoms with E-state index in [4.69, 9.17) is 4.98 Å². The van der Waals surface area contributed by atoms with Gasteiger partial charge in [-0.1, -0.05) is 0 Å². The zero-order valence-corrected chi connectivity index (χ0v) is 14.5. The van der Waals surface area contributed by atoms with Gasteiger partial charge in [0.25, 0.3) is 0 Å². The van der Waals surface area contributed by atoms with Crippen molar-refractivity contribution in [2.24, 2.45) is 7.05 Å². The number of benzene rings is 1. The first-order chi connectivity index (χ1) is 11.9. The molecule has 0 saturated carbocycles. The molecule has 0 spiro atoms. The number of imidazole rings is 1. The second kappa shape index (κ2) is 5.39. The Bertz CT molecular complexity index is 976. The van der Waals surface area contributed by atoms with Gasteiger partial charge in [0, 0.05) is 31.5 Å². The van der Waals surface area contributed by atoms with Crippen LogP contribution in [0.5, 0.6) is 0 Å². The maximum atomic E-state index is 12.7. The zero-order valence-electron chi connectivity index (χ0n) is 14.5. The number of aryl methyl sites for hydroxylation is 1. The number of aromatic nitrogens is 3. The molecule has 0 radical (unpaired) electrons. The number of nitrogens with zero attached hydrogens (tertiary/aromatic N) is 4. The fraction of sp³-hybridized carbons (Fsp3) is 0.316. The standard InChI is InChI=1S/C19H20N4O2/c1-19(2)13-9-14-16(10-15(13)23(7-8-24)18(19)25)22(3)17(21-14)12-5-4-6-20-11-12/h4-6,9-11,24H,7-8H2,1-3H3. The summed E-state index contributed by atoms with van der Waals surface area (Å²) in [4.78, 5) is 23.3. The molecular formula is C19H20N4O2. The summed E-state index contributed by atoms with van der Waals surface area (Å²) in [6.07, 6.45) is 3.53. The number of aliphatic hydroxyl groups excluding tert-OH is 1. The van der Waals surface area contributed by atoms with Crippen molar-refractivity contribution in [2.75, 3.05) is 18.1 Å². The van der Waals surface area contributed by atoms with Crippen LogP contribution in [0.15, 0.2) is 36.7 Å². The van der Waals surface area contributed by atoms with Gasteiger partial charge in [-0.2, -0.15) is 0 Å². The third kappa shape index (κ3) is 2.17. The van der Waals surface area contributed by atoms with Crippen molar-refractivity contribution >= 4 is 22.6 Å². The molecule has 1 N–H and O–H groups in total. The molecule has 2 aromatic heterocycles. The third-order valence-corrected chi connectivity index (χ3v) is 4.99. The zero-order chi connectivity index (χ0) is 17.8. The van der Waals surface area contributed by atoms with Gasteiger partial charge in [0.15, 0.2) is 0 Å². The van der Waals surface area contributed by atoms with Crippen LogP contribution in [0.4, 0.5) is 5.69 Å². The molecule has 1 amide bonds. The fourth-order valence-corrected chi connectivity index (χ4v) is 3.59. The van der Waals surface area contributed by atoms with Crippen LogP contribution in [0, 0.1) is 0 Å². The largest absolute Gasteiger partial charge is 0.395 e. The van der Waals surface area contributed by atoms with Crippen molar-refractivity contribution < 1.29 is 9.90 Å². The maximum Gasteiger partial charge on any atom is 0.237 e. The molecule has 1 aromatic carbocycles. The lowest BCUT2D eigenvalue weighted by atomic mass is 9.86. The second-order valence-electron chi connectivity index (χ2n) is 6.90. The van der Waals surface area contributed by atoms with E-state index in [0.717, 1.165) is 33.7 Å². The van der Waals surface area contributed by atoms with Crippen molar-refractivity contribution in [1.82, 2.24) is 14.5 Å². The van der Waals surface area contributed by atoms with Crippen LogP contribution in [-0.4, -0.2) is 38.7 Å². The molecule has 6 nitrogen and oxygen atoms in total. The first kappa shape index (κ1) is 15.8. The quantitative estimate of drug-likeness (QED) is 0.796. The van der Waals surface area contributed by atoms with Crippen molar-refractivity contribution in [3.63, 3.8) is 0 Å². The summed E-state index contributed by atoms with van der Waals surface area (Å²) in [5.41, 5.74) is 3.94. The highest BCUT2D eigenvalue weighted by Crippen LogP contribution is 2.43. The van der Waals surface area contributed by atoms with Crippen molar-refractivity contribution in [3.05, 3.63) is 42.2 Å². The molecule has 0 fully saturated rings. The molecule has 1 aliphatic rings. The number of rotatable bonds is 3. The van der Waals surface area contributed by atoms with E-state index in [0.29, 0.717) is 6.54 Å². The minimum absolute atomic E-state index is 0.0133. The highest BCUT2D eigenvalue weighted by atomic mass is 16.3. The Hall–Kier alpha value is -2.73. The molecule has 1 aliphatic heterocycles. The van der Waals surface area contributed by atoms with Gasteiger partial charge in [-0.25, -0.2) is 4.98 Å². The molecular weight excluding hydrogens is 316 g/mol. The monoisotopic (exact) mass is 336 g/mol. The Kier molecular flexibility index (Phi) is 3.40. The maximum absolute atomic E-state index is 12.7. The Balaban J connectivity index is 1.95. The van der Waals surface area contributed by atoms with Gasteiger partial charge in [-0.3, -0.25) is 9.78 Å². The average molecular weight is 336 g/mol. The molecule has 0 bridgehead atoms. The van der Waals surface area contributed by atoms with Crippen LogP contribution in [0.2, 0.25) is 0 Å². The fourth-order valence-electron chi connectivity index (χ4n) is 3.59. The highest BCUT2D eigenvalue weighted by Gasteiger charge is 2.44. The summed E-state index contributed by atoms with van der Waals surface area (Å²) < 4.78 is 2.01. The van der Waals surface area contributed by atoms with E-state index in [9.17, 15) is 9.90 Å². The number of amides is 1. The van der Waals surface area contributed by atoms with Crippen LogP contribution in [-0.2, 0) is 17.3 Å². The van der Waals surface area contributed by atoms with E-state index in [-0.39, 0.29) is 12.5 Å². The summed E-state index contributed by atoms with van der Waals surface area (Å²) in [5.74, 6) is 0.851. The number of aliphatic hydroxyl groups is 1. The molecule has 3 aromatic rings. The molecule has 128 valence electrons. The number of pyridine rings is 1. The van der Waals surface area contributed by atoms with Crippen LogP contribution in [0.1, 0.15) is 19.4 Å². The Morgan fingerprint density at radius 1 is 1.28 bits per heavy atom. The first-order valence-corrected chi connectivity index (χ1v) is 8.29. The number of fused-ring (bicyclic) bond motifs is 2. The van der Waals surface area contributed by atoms with Gasteiger partial charge in [0.05, 0.1) is 28.7 Å². The van der Waals surface area contributed by atoms with E-state index in [1.54, 1.807) is 17.3 Å². The summed E-state index contributed by atoms with van der Waals surface area (Å²) >= 11 is 0. The van der Waals surface area contributed by atoms with Gasteiger partial charge in [0.2, 0.25) is 5.91 Å². The molecule has 6 heteroatoms. The molecule has 0 saturated heterocycles. The molecule has 25 heavy (non-hydrogen) atoms. The number of anilines is 1. The predicted octanol–water partition coefficient (Wildman–Crippen LogP) is 2.25. The van der Waals surface area contributed by atoms with Gasteiger partial charge < -0.3 is 14.6 Å². The molecule has 0 atom stereocenters. The summed E-state index contributed by atoms with van der Waals surface area (Å²) in [6, 6.07) is 7.87. The number of hydrogen-bond donors (Lipinski definition) is 1. The minimum atomic E-state index is -0.620. The molecule has 3 heterocycles. The van der Waals surface area contributed by atoms with E-state index < -0.39 is 5.41 Å². The Labute approximate surface area is 145 Å². The van der Waals surface area contributed by atoms with Crippen LogP contribution in [0.25, 0.3) is 22.4 Å². The van der Waals surface area contributed by atoms with Crippen molar-refractivity contribution in [3.8, 4) is 11.4 Å². The first-order valence-electron chi connectivity index (χ1n) is 8.29. The third-order valence-electron chi connectivity index (χ3n) is 4.99. The van der Waals surface area contributed by atoms with Gasteiger partial charge in [-0.15, -0.1) is 0 Å². The minimum Gasteiger partial charge on any atom is -0.395 e. The van der Waals surface area contributed by atoms with Crippen LogP contribution >= 0.6 is 0 Å². The van der Waals surface area contributed by atoms with Gasteiger partial charge in [0.1, 0.15) is 5.82 Å². The molecule has 0 unspecified atom stereocenters. The highest BCUT2D eigenvalue weighted by molar-refractivity contribution is 6.09. The van der Waals surface area contributed by atoms with Crippen LogP contribution < -0.4 is 4.90 Å². The summed E-state index contributed by atoms with van der Waals surface area (Å²) in [6.45, 7) is 4.07. The number of hydrogen-bond acceptors (Lipinski definition) is 4. The predicted molar refractivity (Wildman–Crippen MR) is 96.4 cm³/mol. The SMILES string of the molecule is Cn1c(-c2cccnc2)nc2cc3c(cc21)N(CCO)C(=O)C3(C)C. The van der Waals surface area contributed by atoms with Crippen LogP contribution in [0.3, 0.4) is 0 Å². The van der Waals surface area contributed by atoms with E-state index in [1.165, 1.54) is 0 Å². The second-order valence-corrected chi connectivity index (χ2v) is 6.90. The Morgan fingerprint density at radius 3 is 2.76 bits per heavy atom. The van der Waals surface area contributed by atoms with E-state index in [2.05, 4.69) is 4.98 Å². The summed E-state index contributed by atoms with van der Waals surface area (Å²) in [7, 11) is 1.96. The van der Waals surface area contributed by atoms with E-state index in [1.807, 2.05) is 49.7 Å². The average Bonchev–Trinajstić information content (AvgIpc) is 3.03. The summed E-state index contributed by atoms with van der Waals surface area (Å²) in [5, 5.41) is 9.34. The van der Waals surface area contributed by atoms with Crippen molar-refractivity contribution in [1.29, 1.82) is 0 Å². The topological polar surface area (TPSA) is 71.2 Å². The normalized spacial score (nSPS) is 15.8. The lowest BCUT2D eigenvalue weighted by Crippen LogP contribution is -2.37. The van der Waals surface area contributed by atoms with E-state index >= 15 is 0 Å². The lowest BCUT2D eigenvalue weighted by Gasteiger charge is -2.19.